The number of aromatic nitrogens is 2. The van der Waals surface area contributed by atoms with Crippen molar-refractivity contribution in [3.05, 3.63) is 88.8 Å². The van der Waals surface area contributed by atoms with E-state index in [9.17, 15) is 13.2 Å². The van der Waals surface area contributed by atoms with Gasteiger partial charge in [-0.2, -0.15) is 0 Å². The number of aromatic amines is 1. The molecule has 0 amide bonds. The second kappa shape index (κ2) is 6.37. The lowest BCUT2D eigenvalue weighted by atomic mass is 9.95. The van der Waals surface area contributed by atoms with Gasteiger partial charge < -0.3 is 4.98 Å². The molecular weight excluding hydrogens is 327 g/mol. The fourth-order valence-corrected chi connectivity index (χ4v) is 3.41. The minimum absolute atomic E-state index is 0.237. The Kier molecular flexibility index (Phi) is 4.05. The quantitative estimate of drug-likeness (QED) is 0.780. The Morgan fingerprint density at radius 3 is 2.76 bits per heavy atom. The lowest BCUT2D eigenvalue weighted by molar-refractivity contribution is 0.199. The van der Waals surface area contributed by atoms with Crippen molar-refractivity contribution in [2.45, 2.75) is 19.0 Å². The van der Waals surface area contributed by atoms with Crippen molar-refractivity contribution < 1.29 is 13.2 Å². The largest absolute Gasteiger partial charge is 0.348 e. The van der Waals surface area contributed by atoms with E-state index >= 15 is 0 Å². The molecule has 25 heavy (non-hydrogen) atoms. The van der Waals surface area contributed by atoms with Gasteiger partial charge in [0.05, 0.1) is 18.1 Å². The van der Waals surface area contributed by atoms with Gasteiger partial charge in [0.1, 0.15) is 5.82 Å². The first-order valence-electron chi connectivity index (χ1n) is 8.07. The molecule has 1 aliphatic heterocycles. The van der Waals surface area contributed by atoms with Crippen molar-refractivity contribution in [2.24, 2.45) is 0 Å². The molecule has 6 heteroatoms. The van der Waals surface area contributed by atoms with Crippen LogP contribution in [-0.4, -0.2) is 21.4 Å². The molecule has 0 bridgehead atoms. The number of nitrogens with one attached hydrogen (secondary N) is 1. The lowest BCUT2D eigenvalue weighted by Gasteiger charge is -2.35. The summed E-state index contributed by atoms with van der Waals surface area (Å²) in [6, 6.07) is 10.1. The summed E-state index contributed by atoms with van der Waals surface area (Å²) in [5, 5.41) is 0. The smallest absolute Gasteiger partial charge is 0.159 e. The maximum Gasteiger partial charge on any atom is 0.159 e. The number of hydrogen-bond acceptors (Lipinski definition) is 2. The van der Waals surface area contributed by atoms with Gasteiger partial charge in [0, 0.05) is 25.2 Å². The predicted molar refractivity (Wildman–Crippen MR) is 87.3 cm³/mol. The van der Waals surface area contributed by atoms with E-state index in [2.05, 4.69) is 14.9 Å². The average molecular weight is 343 g/mol. The molecule has 2 heterocycles. The average Bonchev–Trinajstić information content (AvgIpc) is 3.06. The molecule has 0 spiro atoms. The van der Waals surface area contributed by atoms with Crippen LogP contribution in [0.2, 0.25) is 0 Å². The van der Waals surface area contributed by atoms with Crippen LogP contribution in [0.5, 0.6) is 0 Å². The number of halogens is 3. The summed E-state index contributed by atoms with van der Waals surface area (Å²) in [5.74, 6) is -2.04. The van der Waals surface area contributed by atoms with Crippen LogP contribution in [0.25, 0.3) is 0 Å². The van der Waals surface area contributed by atoms with Gasteiger partial charge >= 0.3 is 0 Å². The minimum atomic E-state index is -0.864. The molecule has 0 aliphatic carbocycles. The summed E-state index contributed by atoms with van der Waals surface area (Å²) in [6.45, 7) is 1.13. The molecule has 1 N–H and O–H groups in total. The zero-order valence-electron chi connectivity index (χ0n) is 13.3. The van der Waals surface area contributed by atoms with E-state index in [1.54, 1.807) is 18.5 Å². The van der Waals surface area contributed by atoms with Crippen LogP contribution in [0.3, 0.4) is 0 Å². The normalized spacial score (nSPS) is 17.5. The standard InChI is InChI=1S/C19H16F3N3/c20-14-3-1-2-13(9-14)19-18-17(23-11-24-18)6-7-25(19)10-12-4-5-15(21)16(22)8-12/h1-5,8-9,11,19H,6-7,10H2,(H,23,24). The molecule has 0 radical (unpaired) electrons. The summed E-state index contributed by atoms with van der Waals surface area (Å²) in [5.41, 5.74) is 3.32. The van der Waals surface area contributed by atoms with Crippen molar-refractivity contribution >= 4 is 0 Å². The van der Waals surface area contributed by atoms with E-state index in [1.807, 2.05) is 6.07 Å². The van der Waals surface area contributed by atoms with E-state index in [-0.39, 0.29) is 11.9 Å². The van der Waals surface area contributed by atoms with Gasteiger partial charge in [-0.3, -0.25) is 4.90 Å². The van der Waals surface area contributed by atoms with Gasteiger partial charge in [-0.05, 0) is 35.4 Å². The molecule has 128 valence electrons. The Balaban J connectivity index is 1.71. The molecule has 1 unspecified atom stereocenters. The van der Waals surface area contributed by atoms with Crippen LogP contribution in [0, 0.1) is 17.5 Å². The third-order valence-electron chi connectivity index (χ3n) is 4.56. The SMILES string of the molecule is Fc1cccc(C2c3nc[nH]c3CCN2Cc2ccc(F)c(F)c2)c1. The molecule has 1 atom stereocenters. The van der Waals surface area contributed by atoms with Crippen molar-refractivity contribution in [3.8, 4) is 0 Å². The molecule has 3 aromatic rings. The van der Waals surface area contributed by atoms with Gasteiger partial charge in [0.15, 0.2) is 11.6 Å². The number of rotatable bonds is 3. The van der Waals surface area contributed by atoms with Gasteiger partial charge in [0.25, 0.3) is 0 Å². The maximum absolute atomic E-state index is 13.7. The summed E-state index contributed by atoms with van der Waals surface area (Å²) in [7, 11) is 0. The summed E-state index contributed by atoms with van der Waals surface area (Å²) in [6.07, 6.45) is 2.41. The molecule has 1 aromatic heterocycles. The third-order valence-corrected chi connectivity index (χ3v) is 4.56. The van der Waals surface area contributed by atoms with Crippen LogP contribution in [0.15, 0.2) is 48.8 Å². The second-order valence-corrected chi connectivity index (χ2v) is 6.19. The zero-order chi connectivity index (χ0) is 17.4. The highest BCUT2D eigenvalue weighted by Crippen LogP contribution is 2.34. The van der Waals surface area contributed by atoms with Crippen molar-refractivity contribution in [1.82, 2.24) is 14.9 Å². The highest BCUT2D eigenvalue weighted by molar-refractivity contribution is 5.33. The van der Waals surface area contributed by atoms with Gasteiger partial charge in [-0.15, -0.1) is 0 Å². The van der Waals surface area contributed by atoms with Crippen molar-refractivity contribution in [2.75, 3.05) is 6.54 Å². The first kappa shape index (κ1) is 15.9. The Morgan fingerprint density at radius 1 is 1.08 bits per heavy atom. The Morgan fingerprint density at radius 2 is 1.96 bits per heavy atom. The van der Waals surface area contributed by atoms with Crippen molar-refractivity contribution in [3.63, 3.8) is 0 Å². The number of fused-ring (bicyclic) bond motifs is 1. The predicted octanol–water partition coefficient (Wildman–Crippen LogP) is 3.97. The van der Waals surface area contributed by atoms with E-state index in [0.29, 0.717) is 18.7 Å². The van der Waals surface area contributed by atoms with E-state index < -0.39 is 11.6 Å². The molecule has 0 saturated carbocycles. The molecule has 0 saturated heterocycles. The monoisotopic (exact) mass is 343 g/mol. The van der Waals surface area contributed by atoms with Crippen LogP contribution >= 0.6 is 0 Å². The fourth-order valence-electron chi connectivity index (χ4n) is 3.41. The van der Waals surface area contributed by atoms with Crippen LogP contribution in [-0.2, 0) is 13.0 Å². The highest BCUT2D eigenvalue weighted by atomic mass is 19.2. The lowest BCUT2D eigenvalue weighted by Crippen LogP contribution is -2.36. The first-order valence-corrected chi connectivity index (χ1v) is 8.07. The summed E-state index contributed by atoms with van der Waals surface area (Å²) < 4.78 is 40.4. The van der Waals surface area contributed by atoms with Gasteiger partial charge in [-0.25, -0.2) is 18.2 Å². The maximum atomic E-state index is 13.7. The summed E-state index contributed by atoms with van der Waals surface area (Å²) in [4.78, 5) is 9.65. The molecule has 2 aromatic carbocycles. The number of H-pyrrole nitrogens is 1. The van der Waals surface area contributed by atoms with Crippen LogP contribution < -0.4 is 0 Å². The summed E-state index contributed by atoms with van der Waals surface area (Å²) >= 11 is 0. The van der Waals surface area contributed by atoms with Crippen molar-refractivity contribution in [1.29, 1.82) is 0 Å². The molecule has 0 fully saturated rings. The Hall–Kier alpha value is -2.60. The van der Waals surface area contributed by atoms with E-state index in [4.69, 9.17) is 0 Å². The Labute approximate surface area is 143 Å². The van der Waals surface area contributed by atoms with E-state index in [1.165, 1.54) is 18.2 Å². The minimum Gasteiger partial charge on any atom is -0.348 e. The van der Waals surface area contributed by atoms with Crippen LogP contribution in [0.1, 0.15) is 28.6 Å². The first-order chi connectivity index (χ1) is 12.1. The molecule has 3 nitrogen and oxygen atoms in total. The topological polar surface area (TPSA) is 31.9 Å². The van der Waals surface area contributed by atoms with E-state index in [0.717, 1.165) is 29.4 Å². The molecule has 1 aliphatic rings. The zero-order valence-corrected chi connectivity index (χ0v) is 13.3. The second-order valence-electron chi connectivity index (χ2n) is 6.19. The number of benzene rings is 2. The van der Waals surface area contributed by atoms with Gasteiger partial charge in [-0.1, -0.05) is 18.2 Å². The highest BCUT2D eigenvalue weighted by Gasteiger charge is 2.31. The fraction of sp³-hybridized carbons (Fsp3) is 0.211. The molecular formula is C19H16F3N3. The Bertz CT molecular complexity index is 906. The molecule has 4 rings (SSSR count). The van der Waals surface area contributed by atoms with Gasteiger partial charge in [0.2, 0.25) is 0 Å². The third kappa shape index (κ3) is 3.05. The number of nitrogens with zero attached hydrogens (tertiary/aromatic N) is 2. The number of hydrogen-bond donors (Lipinski definition) is 1. The van der Waals surface area contributed by atoms with Crippen LogP contribution in [0.4, 0.5) is 13.2 Å². The number of imidazole rings is 1.